The summed E-state index contributed by atoms with van der Waals surface area (Å²) in [5.41, 5.74) is 2.62. The van der Waals surface area contributed by atoms with Crippen LogP contribution < -0.4 is 0 Å². The van der Waals surface area contributed by atoms with Crippen molar-refractivity contribution < 1.29 is 4.74 Å². The molecule has 0 spiro atoms. The first-order valence-corrected chi connectivity index (χ1v) is 8.24. The molecule has 0 bridgehead atoms. The molecule has 23 heavy (non-hydrogen) atoms. The summed E-state index contributed by atoms with van der Waals surface area (Å²) in [7, 11) is 0. The summed E-state index contributed by atoms with van der Waals surface area (Å²) in [6, 6.07) is 21.1. The quantitative estimate of drug-likeness (QED) is 0.510. The lowest BCUT2D eigenvalue weighted by Crippen LogP contribution is -2.13. The van der Waals surface area contributed by atoms with E-state index in [1.807, 2.05) is 24.3 Å². The number of allylic oxidation sites excluding steroid dienone is 2. The van der Waals surface area contributed by atoms with Gasteiger partial charge >= 0.3 is 0 Å². The lowest BCUT2D eigenvalue weighted by atomic mass is 9.95. The topological polar surface area (TPSA) is 9.23 Å². The van der Waals surface area contributed by atoms with Crippen LogP contribution in [0.5, 0.6) is 0 Å². The summed E-state index contributed by atoms with van der Waals surface area (Å²) in [6.45, 7) is 9.19. The smallest absolute Gasteiger partial charge is 0.0538 e. The van der Waals surface area contributed by atoms with Gasteiger partial charge in [0.05, 0.1) is 13.2 Å². The molecule has 0 saturated heterocycles. The van der Waals surface area contributed by atoms with Crippen molar-refractivity contribution >= 4 is 0 Å². The molecule has 2 aromatic rings. The Balaban J connectivity index is 1.94. The molecule has 0 aliphatic heterocycles. The van der Waals surface area contributed by atoms with Crippen LogP contribution >= 0.6 is 0 Å². The molecule has 0 aliphatic carbocycles. The Morgan fingerprint density at radius 3 is 1.43 bits per heavy atom. The first kappa shape index (κ1) is 17.2. The van der Waals surface area contributed by atoms with E-state index in [-0.39, 0.29) is 0 Å². The molecule has 0 N–H and O–H groups in total. The monoisotopic (exact) mass is 306 g/mol. The minimum Gasteiger partial charge on any atom is -0.380 e. The lowest BCUT2D eigenvalue weighted by Gasteiger charge is -2.20. The zero-order valence-electron chi connectivity index (χ0n) is 13.7. The lowest BCUT2D eigenvalue weighted by molar-refractivity contribution is 0.107. The highest BCUT2D eigenvalue weighted by molar-refractivity contribution is 5.21. The molecular formula is C22H26O. The Hall–Kier alpha value is -2.12. The van der Waals surface area contributed by atoms with Gasteiger partial charge in [-0.3, -0.25) is 0 Å². The molecule has 2 rings (SSSR count). The summed E-state index contributed by atoms with van der Waals surface area (Å²) < 4.78 is 6.08. The molecule has 0 heterocycles. The Bertz CT molecular complexity index is 520. The van der Waals surface area contributed by atoms with Crippen molar-refractivity contribution in [2.24, 2.45) is 0 Å². The predicted molar refractivity (Wildman–Crippen MR) is 98.8 cm³/mol. The van der Waals surface area contributed by atoms with Gasteiger partial charge in [0.25, 0.3) is 0 Å². The largest absolute Gasteiger partial charge is 0.380 e. The second-order valence-electron chi connectivity index (χ2n) is 5.80. The Kier molecular flexibility index (Phi) is 7.35. The van der Waals surface area contributed by atoms with Crippen LogP contribution in [0.2, 0.25) is 0 Å². The SMILES string of the molecule is C=CCC(COCC(CC=C)c1ccccc1)c1ccccc1. The maximum Gasteiger partial charge on any atom is 0.0538 e. The van der Waals surface area contributed by atoms with Gasteiger partial charge in [0, 0.05) is 11.8 Å². The van der Waals surface area contributed by atoms with E-state index in [4.69, 9.17) is 4.74 Å². The van der Waals surface area contributed by atoms with E-state index in [1.165, 1.54) is 11.1 Å². The third-order valence-electron chi connectivity index (χ3n) is 4.08. The highest BCUT2D eigenvalue weighted by Crippen LogP contribution is 2.23. The van der Waals surface area contributed by atoms with Gasteiger partial charge in [0.15, 0.2) is 0 Å². The molecule has 2 unspecified atom stereocenters. The van der Waals surface area contributed by atoms with Crippen molar-refractivity contribution in [1.82, 2.24) is 0 Å². The van der Waals surface area contributed by atoms with Gasteiger partial charge in [-0.25, -0.2) is 0 Å². The van der Waals surface area contributed by atoms with Gasteiger partial charge < -0.3 is 4.74 Å². The Labute approximate surface area is 140 Å². The van der Waals surface area contributed by atoms with Crippen molar-refractivity contribution in [2.45, 2.75) is 24.7 Å². The van der Waals surface area contributed by atoms with Crippen LogP contribution in [0.15, 0.2) is 86.0 Å². The van der Waals surface area contributed by atoms with Crippen LogP contribution in [0.3, 0.4) is 0 Å². The van der Waals surface area contributed by atoms with E-state index < -0.39 is 0 Å². The normalized spacial score (nSPS) is 13.2. The zero-order valence-corrected chi connectivity index (χ0v) is 13.7. The second kappa shape index (κ2) is 9.81. The summed E-state index contributed by atoms with van der Waals surface area (Å²) >= 11 is 0. The van der Waals surface area contributed by atoms with Crippen molar-refractivity contribution in [3.05, 3.63) is 97.1 Å². The van der Waals surface area contributed by atoms with E-state index in [1.54, 1.807) is 0 Å². The van der Waals surface area contributed by atoms with E-state index in [0.29, 0.717) is 11.8 Å². The molecule has 2 aromatic carbocycles. The fourth-order valence-electron chi connectivity index (χ4n) is 2.81. The van der Waals surface area contributed by atoms with E-state index in [9.17, 15) is 0 Å². The molecule has 120 valence electrons. The number of benzene rings is 2. The molecule has 0 saturated carbocycles. The fraction of sp³-hybridized carbons (Fsp3) is 0.273. The molecule has 0 fully saturated rings. The molecule has 1 nitrogen and oxygen atoms in total. The van der Waals surface area contributed by atoms with E-state index in [2.05, 4.69) is 61.7 Å². The summed E-state index contributed by atoms with van der Waals surface area (Å²) in [4.78, 5) is 0. The molecule has 2 atom stereocenters. The van der Waals surface area contributed by atoms with Crippen molar-refractivity contribution in [1.29, 1.82) is 0 Å². The minimum atomic E-state index is 0.369. The zero-order chi connectivity index (χ0) is 16.3. The van der Waals surface area contributed by atoms with Gasteiger partial charge in [-0.1, -0.05) is 72.8 Å². The standard InChI is InChI=1S/C22H26O/c1-3-11-21(19-13-7-5-8-14-19)17-23-18-22(12-4-2)20-15-9-6-10-16-20/h3-10,13-16,21-22H,1-2,11-12,17-18H2. The first-order chi connectivity index (χ1) is 11.3. The average molecular weight is 306 g/mol. The predicted octanol–water partition coefficient (Wildman–Crippen LogP) is 5.72. The average Bonchev–Trinajstić information content (AvgIpc) is 2.61. The third kappa shape index (κ3) is 5.54. The van der Waals surface area contributed by atoms with Crippen LogP contribution in [0, 0.1) is 0 Å². The second-order valence-corrected chi connectivity index (χ2v) is 5.80. The van der Waals surface area contributed by atoms with Gasteiger partial charge in [-0.2, -0.15) is 0 Å². The van der Waals surface area contributed by atoms with Gasteiger partial charge in [-0.15, -0.1) is 13.2 Å². The van der Waals surface area contributed by atoms with Crippen LogP contribution in [0.1, 0.15) is 35.8 Å². The van der Waals surface area contributed by atoms with Crippen LogP contribution in [-0.4, -0.2) is 13.2 Å². The molecular weight excluding hydrogens is 280 g/mol. The molecule has 0 aromatic heterocycles. The number of ether oxygens (including phenoxy) is 1. The van der Waals surface area contributed by atoms with E-state index in [0.717, 1.165) is 26.1 Å². The van der Waals surface area contributed by atoms with Crippen LogP contribution in [0.4, 0.5) is 0 Å². The molecule has 0 aliphatic rings. The number of rotatable bonds is 10. The number of hydrogen-bond acceptors (Lipinski definition) is 1. The highest BCUT2D eigenvalue weighted by atomic mass is 16.5. The maximum atomic E-state index is 6.08. The Morgan fingerprint density at radius 1 is 0.696 bits per heavy atom. The first-order valence-electron chi connectivity index (χ1n) is 8.24. The van der Waals surface area contributed by atoms with E-state index >= 15 is 0 Å². The molecule has 1 heteroatoms. The third-order valence-corrected chi connectivity index (χ3v) is 4.08. The van der Waals surface area contributed by atoms with Gasteiger partial charge in [0.2, 0.25) is 0 Å². The summed E-state index contributed by atoms with van der Waals surface area (Å²) in [5, 5.41) is 0. The molecule has 0 amide bonds. The van der Waals surface area contributed by atoms with Crippen LogP contribution in [-0.2, 0) is 4.74 Å². The molecule has 0 radical (unpaired) electrons. The Morgan fingerprint density at radius 2 is 1.09 bits per heavy atom. The maximum absolute atomic E-state index is 6.08. The number of hydrogen-bond donors (Lipinski definition) is 0. The summed E-state index contributed by atoms with van der Waals surface area (Å²) in [6.07, 6.45) is 5.81. The van der Waals surface area contributed by atoms with Crippen molar-refractivity contribution in [3.63, 3.8) is 0 Å². The fourth-order valence-corrected chi connectivity index (χ4v) is 2.81. The van der Waals surface area contributed by atoms with Crippen LogP contribution in [0.25, 0.3) is 0 Å². The van der Waals surface area contributed by atoms with Gasteiger partial charge in [0.1, 0.15) is 0 Å². The summed E-state index contributed by atoms with van der Waals surface area (Å²) in [5.74, 6) is 0.739. The van der Waals surface area contributed by atoms with Crippen molar-refractivity contribution in [3.8, 4) is 0 Å². The highest BCUT2D eigenvalue weighted by Gasteiger charge is 2.13. The van der Waals surface area contributed by atoms with Gasteiger partial charge in [-0.05, 0) is 24.0 Å². The van der Waals surface area contributed by atoms with Crippen molar-refractivity contribution in [2.75, 3.05) is 13.2 Å². The minimum absolute atomic E-state index is 0.369.